The molecule has 0 fully saturated rings. The normalized spacial score (nSPS) is 11.5. The molecule has 0 aliphatic rings. The van der Waals surface area contributed by atoms with E-state index in [-0.39, 0.29) is 5.54 Å². The molecule has 1 N–H and O–H groups in total. The topological polar surface area (TPSA) is 28.2 Å². The number of hydrogen-bond donors (Lipinski definition) is 1. The van der Waals surface area contributed by atoms with Crippen molar-refractivity contribution in [1.82, 2.24) is 10.3 Å². The Balaban J connectivity index is 3.01. The molecule has 0 radical (unpaired) electrons. The van der Waals surface area contributed by atoms with Crippen LogP contribution < -0.4 is 10.2 Å². The zero-order valence-electron chi connectivity index (χ0n) is 14.4. The van der Waals surface area contributed by atoms with Crippen molar-refractivity contribution in [3.8, 4) is 0 Å². The van der Waals surface area contributed by atoms with Gasteiger partial charge >= 0.3 is 0 Å². The molecule has 21 heavy (non-hydrogen) atoms. The molecule has 0 saturated heterocycles. The zero-order valence-corrected chi connectivity index (χ0v) is 14.4. The Morgan fingerprint density at radius 3 is 2.52 bits per heavy atom. The van der Waals surface area contributed by atoms with E-state index in [0.717, 1.165) is 38.3 Å². The minimum Gasteiger partial charge on any atom is -0.353 e. The smallest absolute Gasteiger partial charge is 0.129 e. The highest BCUT2D eigenvalue weighted by atomic mass is 15.2. The summed E-state index contributed by atoms with van der Waals surface area (Å²) >= 11 is 0. The van der Waals surface area contributed by atoms with Gasteiger partial charge in [0, 0.05) is 30.9 Å². The van der Waals surface area contributed by atoms with Crippen molar-refractivity contribution in [3.05, 3.63) is 36.0 Å². The Bertz CT molecular complexity index is 446. The van der Waals surface area contributed by atoms with Crippen LogP contribution >= 0.6 is 0 Å². The first kappa shape index (κ1) is 17.7. The molecule has 118 valence electrons. The predicted octanol–water partition coefficient (Wildman–Crippen LogP) is 3.93. The van der Waals surface area contributed by atoms with E-state index in [1.54, 1.807) is 0 Å². The van der Waals surface area contributed by atoms with Crippen LogP contribution in [-0.2, 0) is 13.0 Å². The number of nitrogens with one attached hydrogen (secondary N) is 1. The molecule has 0 spiro atoms. The zero-order chi connectivity index (χ0) is 15.9. The summed E-state index contributed by atoms with van der Waals surface area (Å²) < 4.78 is 0. The molecule has 0 saturated carbocycles. The molecule has 3 nitrogen and oxygen atoms in total. The lowest BCUT2D eigenvalue weighted by Crippen LogP contribution is -2.35. The third-order valence-electron chi connectivity index (χ3n) is 3.31. The van der Waals surface area contributed by atoms with E-state index in [4.69, 9.17) is 4.98 Å². The maximum absolute atomic E-state index is 4.81. The van der Waals surface area contributed by atoms with E-state index in [1.165, 1.54) is 11.3 Å². The largest absolute Gasteiger partial charge is 0.353 e. The Morgan fingerprint density at radius 1 is 1.29 bits per heavy atom. The molecule has 1 aromatic rings. The second-order valence-electron chi connectivity index (χ2n) is 6.51. The first-order valence-corrected chi connectivity index (χ1v) is 8.00. The van der Waals surface area contributed by atoms with E-state index in [2.05, 4.69) is 63.5 Å². The van der Waals surface area contributed by atoms with Crippen LogP contribution in [0.5, 0.6) is 0 Å². The number of aromatic nitrogens is 1. The number of rotatable bonds is 8. The van der Waals surface area contributed by atoms with E-state index in [1.807, 2.05) is 6.08 Å². The summed E-state index contributed by atoms with van der Waals surface area (Å²) in [6, 6.07) is 4.43. The average Bonchev–Trinajstić information content (AvgIpc) is 2.42. The Labute approximate surface area is 130 Å². The highest BCUT2D eigenvalue weighted by Gasteiger charge is 2.11. The number of pyridine rings is 1. The van der Waals surface area contributed by atoms with Crippen molar-refractivity contribution in [2.75, 3.05) is 18.0 Å². The predicted molar refractivity (Wildman–Crippen MR) is 92.9 cm³/mol. The standard InChI is InChI=1S/C18H31N3/c1-7-10-16-12-15(14-19-18(4,5)6)13-17(20-16)21(9-3)11-8-2/h8,12-13,19H,2,7,9-11,14H2,1,3-6H3. The van der Waals surface area contributed by atoms with Crippen molar-refractivity contribution in [1.29, 1.82) is 0 Å². The second kappa shape index (κ2) is 8.18. The van der Waals surface area contributed by atoms with Crippen LogP contribution in [0.4, 0.5) is 5.82 Å². The molecule has 0 aliphatic heterocycles. The van der Waals surface area contributed by atoms with E-state index in [9.17, 15) is 0 Å². The van der Waals surface area contributed by atoms with Crippen LogP contribution in [0.25, 0.3) is 0 Å². The Hall–Kier alpha value is -1.35. The summed E-state index contributed by atoms with van der Waals surface area (Å²) in [5.74, 6) is 1.06. The highest BCUT2D eigenvalue weighted by molar-refractivity contribution is 5.43. The number of anilines is 1. The monoisotopic (exact) mass is 289 g/mol. The molecule has 0 aliphatic carbocycles. The number of likely N-dealkylation sites (N-methyl/N-ethyl adjacent to an activating group) is 1. The maximum atomic E-state index is 4.81. The van der Waals surface area contributed by atoms with Crippen LogP contribution in [0, 0.1) is 0 Å². The summed E-state index contributed by atoms with van der Waals surface area (Å²) in [6.45, 7) is 17.4. The fourth-order valence-corrected chi connectivity index (χ4v) is 2.19. The van der Waals surface area contributed by atoms with Crippen LogP contribution in [0.1, 0.15) is 52.3 Å². The van der Waals surface area contributed by atoms with Gasteiger partial charge in [0.05, 0.1) is 0 Å². The second-order valence-corrected chi connectivity index (χ2v) is 6.51. The van der Waals surface area contributed by atoms with Crippen LogP contribution in [-0.4, -0.2) is 23.6 Å². The summed E-state index contributed by atoms with van der Waals surface area (Å²) in [5.41, 5.74) is 2.61. The molecule has 1 heterocycles. The molecular formula is C18H31N3. The molecule has 0 atom stereocenters. The molecule has 0 amide bonds. The van der Waals surface area contributed by atoms with Gasteiger partial charge in [0.25, 0.3) is 0 Å². The van der Waals surface area contributed by atoms with Crippen molar-refractivity contribution >= 4 is 5.82 Å². The minimum absolute atomic E-state index is 0.125. The summed E-state index contributed by atoms with van der Waals surface area (Å²) in [4.78, 5) is 7.06. The quantitative estimate of drug-likeness (QED) is 0.735. The van der Waals surface area contributed by atoms with Gasteiger partial charge in [-0.3, -0.25) is 0 Å². The maximum Gasteiger partial charge on any atom is 0.129 e. The van der Waals surface area contributed by atoms with Crippen LogP contribution in [0.2, 0.25) is 0 Å². The van der Waals surface area contributed by atoms with Gasteiger partial charge in [0.1, 0.15) is 5.82 Å². The van der Waals surface area contributed by atoms with Crippen molar-refractivity contribution in [2.45, 2.75) is 59.5 Å². The number of nitrogens with zero attached hydrogens (tertiary/aromatic N) is 2. The van der Waals surface area contributed by atoms with Crippen molar-refractivity contribution < 1.29 is 0 Å². The number of aryl methyl sites for hydroxylation is 1. The van der Waals surface area contributed by atoms with Gasteiger partial charge in [0.2, 0.25) is 0 Å². The van der Waals surface area contributed by atoms with Gasteiger partial charge in [-0.05, 0) is 51.8 Å². The number of hydrogen-bond acceptors (Lipinski definition) is 3. The third kappa shape index (κ3) is 6.30. The highest BCUT2D eigenvalue weighted by Crippen LogP contribution is 2.17. The van der Waals surface area contributed by atoms with E-state index in [0.29, 0.717) is 0 Å². The van der Waals surface area contributed by atoms with Crippen LogP contribution in [0.3, 0.4) is 0 Å². The fraction of sp³-hybridized carbons (Fsp3) is 0.611. The summed E-state index contributed by atoms with van der Waals surface area (Å²) in [5, 5.41) is 3.56. The molecular weight excluding hydrogens is 258 g/mol. The Morgan fingerprint density at radius 2 is 2.00 bits per heavy atom. The summed E-state index contributed by atoms with van der Waals surface area (Å²) in [7, 11) is 0. The van der Waals surface area contributed by atoms with Gasteiger partial charge in [0.15, 0.2) is 0 Å². The summed E-state index contributed by atoms with van der Waals surface area (Å²) in [6.07, 6.45) is 4.09. The lowest BCUT2D eigenvalue weighted by molar-refractivity contribution is 0.424. The van der Waals surface area contributed by atoms with Crippen molar-refractivity contribution in [2.24, 2.45) is 0 Å². The fourth-order valence-electron chi connectivity index (χ4n) is 2.19. The van der Waals surface area contributed by atoms with Gasteiger partial charge < -0.3 is 10.2 Å². The first-order valence-electron chi connectivity index (χ1n) is 8.00. The van der Waals surface area contributed by atoms with Gasteiger partial charge in [-0.25, -0.2) is 4.98 Å². The van der Waals surface area contributed by atoms with E-state index < -0.39 is 0 Å². The lowest BCUT2D eigenvalue weighted by Gasteiger charge is -2.24. The minimum atomic E-state index is 0.125. The SMILES string of the molecule is C=CCN(CC)c1cc(CNC(C)(C)C)cc(CCC)n1. The molecule has 1 aromatic heterocycles. The molecule has 3 heteroatoms. The van der Waals surface area contributed by atoms with Crippen molar-refractivity contribution in [3.63, 3.8) is 0 Å². The van der Waals surface area contributed by atoms with Gasteiger partial charge in [-0.2, -0.15) is 0 Å². The first-order chi connectivity index (χ1) is 9.89. The Kier molecular flexibility index (Phi) is 6.90. The average molecular weight is 289 g/mol. The lowest BCUT2D eigenvalue weighted by atomic mass is 10.1. The molecule has 1 rings (SSSR count). The van der Waals surface area contributed by atoms with Gasteiger partial charge in [-0.15, -0.1) is 6.58 Å². The van der Waals surface area contributed by atoms with Gasteiger partial charge in [-0.1, -0.05) is 19.4 Å². The van der Waals surface area contributed by atoms with E-state index >= 15 is 0 Å². The molecule has 0 unspecified atom stereocenters. The molecule has 0 aromatic carbocycles. The van der Waals surface area contributed by atoms with Crippen LogP contribution in [0.15, 0.2) is 24.8 Å². The third-order valence-corrected chi connectivity index (χ3v) is 3.31. The molecule has 0 bridgehead atoms.